The predicted octanol–water partition coefficient (Wildman–Crippen LogP) is 12.2. The van der Waals surface area contributed by atoms with E-state index in [1.807, 2.05) is 0 Å². The number of fused-ring (bicyclic) bond motifs is 4. The lowest BCUT2D eigenvalue weighted by molar-refractivity contribution is 0.102. The van der Waals surface area contributed by atoms with Gasteiger partial charge in [-0.05, 0) is 202 Å². The van der Waals surface area contributed by atoms with E-state index in [1.165, 1.54) is 84.9 Å². The maximum atomic E-state index is 14.9. The molecule has 16 N–H and O–H groups in total. The molecule has 0 unspecified atom stereocenters. The minimum absolute atomic E-state index is 0.0445. The molecule has 14 aromatic rings. The third-order valence-electron chi connectivity index (χ3n) is 24.2. The first kappa shape index (κ1) is 98.2. The molecule has 0 aliphatic heterocycles. The number of hydrogen-bond donors (Lipinski definition) is 16. The van der Waals surface area contributed by atoms with Crippen molar-refractivity contribution in [2.45, 2.75) is 109 Å². The van der Waals surface area contributed by atoms with Gasteiger partial charge in [0.15, 0.2) is 23.1 Å². The van der Waals surface area contributed by atoms with E-state index in [0.717, 1.165) is 103 Å². The Morgan fingerprint density at radius 1 is 0.315 bits per heavy atom. The molecule has 0 amide bonds. The Labute approximate surface area is 808 Å². The second kappa shape index (κ2) is 36.8. The van der Waals surface area contributed by atoms with Gasteiger partial charge in [-0.25, -0.2) is 0 Å². The molecule has 143 heavy (non-hydrogen) atoms. The summed E-state index contributed by atoms with van der Waals surface area (Å²) in [5, 5.41) is 17.0. The molecule has 0 spiro atoms. The number of anilines is 10. The number of carbonyl (C=O) groups excluding carboxylic acids is 4. The van der Waals surface area contributed by atoms with E-state index in [1.54, 1.807) is 0 Å². The Balaban J connectivity index is 0.604. The molecule has 736 valence electrons. The van der Waals surface area contributed by atoms with Gasteiger partial charge in [-0.2, -0.15) is 97.2 Å². The number of aromatic nitrogens is 8. The monoisotopic (exact) mass is 2100 g/mol. The quantitative estimate of drug-likeness (QED) is 0.0147. The van der Waals surface area contributed by atoms with Gasteiger partial charge in [-0.15, -0.1) is 0 Å². The highest BCUT2D eigenvalue weighted by Crippen LogP contribution is 2.49. The smallest absolute Gasteiger partial charge is 0.328 e. The van der Waals surface area contributed by atoms with Crippen LogP contribution in [0, 0.1) is 11.8 Å². The summed E-state index contributed by atoms with van der Waals surface area (Å²) >= 11 is 0. The van der Waals surface area contributed by atoms with Crippen LogP contribution in [0.4, 0.5) is 57.9 Å². The number of H-pyrrole nitrogens is 2. The fourth-order valence-corrected chi connectivity index (χ4v) is 22.6. The van der Waals surface area contributed by atoms with Crippen LogP contribution in [-0.4, -0.2) is 179 Å². The van der Waals surface area contributed by atoms with Crippen LogP contribution in [0.1, 0.15) is 121 Å². The molecule has 4 heterocycles. The Kier molecular flexibility index (Phi) is 25.3. The van der Waals surface area contributed by atoms with E-state index in [0.29, 0.717) is 63.5 Å². The summed E-state index contributed by atoms with van der Waals surface area (Å²) in [6, 6.07) is 33.2. The van der Waals surface area contributed by atoms with Crippen LogP contribution >= 0.6 is 0 Å². The maximum absolute atomic E-state index is 14.9. The highest BCUT2D eigenvalue weighted by Gasteiger charge is 2.40. The fourth-order valence-electron chi connectivity index (χ4n) is 17.8. The standard InChI is InChI=1S/C89H70N14O32S8/c104-78(44-7-5-9-52(36-44)138(116,117)118)76-70-54-11-1-3-13-56(54)80(106)74-60(33-31-58(72(70)74)94-82(76)108)92-62-38-64(68(142(128,129)130)40-66(62)140(122,123)124)96-86-98-84(100-88(102-86)134-48-23-27-50(28-24-48)136(110,111)112)90-46-19-15-42(16-20-46)35-43-17-21-47(22-18-43)91-85-99-87(103-89(101-85)135-49-25-29-51(30-26-49)137(113,114)115)97-65-39-63(67(141(125,126)127)41-69(65)143(131,132)133)93-61-34-32-59-73-71(55-12-2-4-14-57(55)81(107)75(61)73)77(83(109)95-59)79(105)45-8-6-10-53(37-45)139(119,120)121/h1-14,23-34,36-43,46-47,92-93H,15-22,35H2,(H,94,108)(H,95,109)(H,110,111,112)(H,113,114,115)(H,116,117,118)(H,119,120,121)(H,122,123,124)(H,125,126,127)(H,128,129,130)(H,131,132,133)(H2,90,96,98,100,102)(H2,91,97,99,101,103). The summed E-state index contributed by atoms with van der Waals surface area (Å²) in [5.74, 6) is -5.46. The van der Waals surface area contributed by atoms with Crippen molar-refractivity contribution >= 4 is 184 Å². The van der Waals surface area contributed by atoms with Gasteiger partial charge in [0, 0.05) is 67.3 Å². The van der Waals surface area contributed by atoms with Crippen molar-refractivity contribution in [1.82, 2.24) is 39.9 Å². The molecule has 0 saturated heterocycles. The van der Waals surface area contributed by atoms with Crippen molar-refractivity contribution in [3.05, 3.63) is 259 Å². The molecule has 4 aliphatic rings. The summed E-state index contributed by atoms with van der Waals surface area (Å²) in [4.78, 5) is 112. The number of benzene rings is 10. The number of nitrogens with zero attached hydrogens (tertiary/aromatic N) is 6. The van der Waals surface area contributed by atoms with Gasteiger partial charge in [0.2, 0.25) is 23.8 Å². The van der Waals surface area contributed by atoms with Gasteiger partial charge in [0.1, 0.15) is 31.1 Å². The van der Waals surface area contributed by atoms with E-state index >= 15 is 0 Å². The zero-order chi connectivity index (χ0) is 102. The second-order valence-electron chi connectivity index (χ2n) is 33.3. The van der Waals surface area contributed by atoms with Crippen LogP contribution in [-0.2, 0) is 80.9 Å². The molecule has 46 nitrogen and oxygen atoms in total. The lowest BCUT2D eigenvalue weighted by atomic mass is 9.75. The Hall–Kier alpha value is -15.0. The largest absolute Gasteiger partial charge is 0.424 e. The number of hydrogen-bond acceptors (Lipinski definition) is 36. The van der Waals surface area contributed by atoms with Gasteiger partial charge in [-0.1, -0.05) is 72.8 Å². The molecule has 4 aliphatic carbocycles. The summed E-state index contributed by atoms with van der Waals surface area (Å²) in [7, 11) is -41.6. The van der Waals surface area contributed by atoms with Crippen LogP contribution in [0.5, 0.6) is 23.5 Å². The average molecular weight is 2100 g/mol. The van der Waals surface area contributed by atoms with Crippen molar-refractivity contribution in [3.63, 3.8) is 0 Å². The minimum atomic E-state index is -5.58. The topological polar surface area (TPSA) is 737 Å². The first-order valence-corrected chi connectivity index (χ1v) is 53.7. The van der Waals surface area contributed by atoms with Crippen molar-refractivity contribution in [3.8, 4) is 45.8 Å². The van der Waals surface area contributed by atoms with Crippen LogP contribution in [0.3, 0.4) is 0 Å². The fraction of sp³-hybridized carbons (Fsp3) is 0.146. The molecule has 54 heteroatoms. The Morgan fingerprint density at radius 3 is 0.965 bits per heavy atom. The van der Waals surface area contributed by atoms with E-state index in [4.69, 9.17) is 9.47 Å². The van der Waals surface area contributed by atoms with Gasteiger partial charge in [0.05, 0.1) is 76.0 Å². The lowest BCUT2D eigenvalue weighted by Gasteiger charge is -2.34. The molecule has 0 bridgehead atoms. The predicted molar refractivity (Wildman–Crippen MR) is 507 cm³/mol. The van der Waals surface area contributed by atoms with Crippen molar-refractivity contribution < 1.29 is 132 Å². The number of carbonyl (C=O) groups is 4. The SMILES string of the molecule is O=C(c1cccc(S(=O)(=O)O)c1)c1c2c3c(c(Nc4cc(Nc5nc(NC6CCC(CC7CCC(Nc8nc(Nc9cc(Nc%10ccc%11[nH]c(=O)c(C(=O)c%12cccc(S(=O)(=O)O)c%12)c%12c%11c%10C(=O)c%10ccccc%10-%12)c(S(=O)(=O)O)cc9S(=O)(=O)O)nc(Oc9ccc(S(=O)(=O)O)cc9)n8)CC7)CC6)nc(Oc6ccc(S(=O)(=O)O)cc6)n5)c(S(=O)(=O)O)cc4S(=O)(=O)O)ccc3[nH]c1=O)C(=O)c1ccccc1-2. The van der Waals surface area contributed by atoms with Crippen LogP contribution in [0.25, 0.3) is 44.1 Å². The van der Waals surface area contributed by atoms with Crippen molar-refractivity contribution in [2.75, 3.05) is 31.9 Å². The molecule has 4 aromatic heterocycles. The van der Waals surface area contributed by atoms with E-state index in [-0.39, 0.29) is 124 Å². The van der Waals surface area contributed by atoms with Gasteiger partial charge in [0.25, 0.3) is 92.1 Å². The summed E-state index contributed by atoms with van der Waals surface area (Å²) < 4.78 is 300. The number of nitrogens with one attached hydrogen (secondary N) is 8. The molecule has 0 radical (unpaired) electrons. The number of ether oxygens (including phenoxy) is 2. The van der Waals surface area contributed by atoms with Crippen molar-refractivity contribution in [1.29, 1.82) is 0 Å². The molecule has 2 saturated carbocycles. The normalized spacial score (nSPS) is 16.1. The number of rotatable bonds is 30. The Bertz CT molecular complexity index is 8490. The highest BCUT2D eigenvalue weighted by atomic mass is 32.2. The summed E-state index contributed by atoms with van der Waals surface area (Å²) in [5.41, 5.74) is -8.81. The van der Waals surface area contributed by atoms with E-state index in [2.05, 4.69) is 71.8 Å². The maximum Gasteiger partial charge on any atom is 0.328 e. The third kappa shape index (κ3) is 20.3. The van der Waals surface area contributed by atoms with Crippen LogP contribution in [0.2, 0.25) is 0 Å². The lowest BCUT2D eigenvalue weighted by Crippen LogP contribution is -2.30. The highest BCUT2D eigenvalue weighted by molar-refractivity contribution is 7.88. The zero-order valence-corrected chi connectivity index (χ0v) is 79.0. The third-order valence-corrected chi connectivity index (χ3v) is 31.2. The second-order valence-corrected chi connectivity index (χ2v) is 44.6. The van der Waals surface area contributed by atoms with Gasteiger partial charge in [-0.3, -0.25) is 65.2 Å². The molecule has 10 aromatic carbocycles. The summed E-state index contributed by atoms with van der Waals surface area (Å²) in [6.45, 7) is 0. The van der Waals surface area contributed by atoms with Gasteiger partial charge >= 0.3 is 12.0 Å². The molecule has 0 atom stereocenters. The number of ketones is 4. The minimum Gasteiger partial charge on any atom is -0.424 e. The van der Waals surface area contributed by atoms with Gasteiger partial charge < -0.3 is 51.3 Å². The Morgan fingerprint density at radius 2 is 0.636 bits per heavy atom. The number of pyridine rings is 2. The molecule has 2 fully saturated rings. The first-order chi connectivity index (χ1) is 67.3. The average Bonchev–Trinajstić information content (AvgIpc) is 0.712. The molecule has 18 rings (SSSR count). The zero-order valence-electron chi connectivity index (χ0n) is 72.5. The number of aromatic amines is 2. The first-order valence-electron chi connectivity index (χ1n) is 42.2. The van der Waals surface area contributed by atoms with Crippen LogP contribution in [0.15, 0.2) is 243 Å². The van der Waals surface area contributed by atoms with E-state index in [9.17, 15) is 133 Å². The van der Waals surface area contributed by atoms with Crippen molar-refractivity contribution in [2.24, 2.45) is 11.8 Å². The summed E-state index contributed by atoms with van der Waals surface area (Å²) in [6.07, 6.45) is 5.04. The molecular formula is C89H70N14O32S8. The van der Waals surface area contributed by atoms with Crippen LogP contribution < -0.4 is 52.5 Å². The van der Waals surface area contributed by atoms with E-state index < -0.39 is 224 Å². The molecular weight excluding hydrogens is 2030 g/mol.